The summed E-state index contributed by atoms with van der Waals surface area (Å²) in [4.78, 5) is 16.0. The number of piperidine rings is 1. The summed E-state index contributed by atoms with van der Waals surface area (Å²) in [5.74, 6) is 0.492. The Balaban J connectivity index is 1.31. The predicted molar refractivity (Wildman–Crippen MR) is 164 cm³/mol. The molecule has 7 nitrogen and oxygen atoms in total. The van der Waals surface area contributed by atoms with Crippen LogP contribution in [0, 0.1) is 5.92 Å². The molecule has 0 aromatic heterocycles. The number of likely N-dealkylation sites (tertiary alicyclic amines) is 1. The first-order chi connectivity index (χ1) is 19.7. The highest BCUT2D eigenvalue weighted by atomic mass is 35.5. The second-order valence-corrected chi connectivity index (χ2v) is 13.4. The van der Waals surface area contributed by atoms with Gasteiger partial charge in [0.25, 0.3) is 0 Å². The Bertz CT molecular complexity index is 1350. The number of carbonyl (C=O) groups is 1. The van der Waals surface area contributed by atoms with Crippen molar-refractivity contribution in [2.75, 3.05) is 39.8 Å². The molecule has 41 heavy (non-hydrogen) atoms. The molecule has 1 atom stereocenters. The van der Waals surface area contributed by atoms with Crippen LogP contribution < -0.4 is 0 Å². The Morgan fingerprint density at radius 2 is 1.66 bits per heavy atom. The van der Waals surface area contributed by atoms with Gasteiger partial charge in [-0.3, -0.25) is 0 Å². The molecule has 1 aliphatic rings. The molecule has 3 aromatic carbocycles. The van der Waals surface area contributed by atoms with Crippen molar-refractivity contribution in [3.8, 4) is 0 Å². The summed E-state index contributed by atoms with van der Waals surface area (Å²) in [5.41, 5.74) is 2.04. The summed E-state index contributed by atoms with van der Waals surface area (Å²) in [6.07, 6.45) is 2.85. The number of hydrogen-bond acceptors (Lipinski definition) is 4. The van der Waals surface area contributed by atoms with Crippen molar-refractivity contribution in [2.24, 2.45) is 5.92 Å². The van der Waals surface area contributed by atoms with Crippen LogP contribution in [0.1, 0.15) is 42.7 Å². The van der Waals surface area contributed by atoms with E-state index in [1.54, 1.807) is 31.3 Å². The van der Waals surface area contributed by atoms with Crippen molar-refractivity contribution in [3.05, 3.63) is 101 Å². The van der Waals surface area contributed by atoms with Crippen LogP contribution in [0.25, 0.3) is 0 Å². The largest absolute Gasteiger partial charge is 0.465 e. The predicted octanol–water partition coefficient (Wildman–Crippen LogP) is 6.42. The van der Waals surface area contributed by atoms with Crippen LogP contribution in [0.2, 0.25) is 5.02 Å². The fraction of sp³-hybridized carbons (Fsp3) is 0.406. The molecule has 1 saturated heterocycles. The van der Waals surface area contributed by atoms with Gasteiger partial charge in [0.1, 0.15) is 0 Å². The smallest absolute Gasteiger partial charge is 0.407 e. The average Bonchev–Trinajstić information content (AvgIpc) is 2.98. The van der Waals surface area contributed by atoms with E-state index in [9.17, 15) is 18.3 Å². The maximum absolute atomic E-state index is 13.2. The van der Waals surface area contributed by atoms with Crippen molar-refractivity contribution in [1.82, 2.24) is 14.1 Å². The van der Waals surface area contributed by atoms with Crippen LogP contribution in [0.15, 0.2) is 89.8 Å². The van der Waals surface area contributed by atoms with Crippen LogP contribution >= 0.6 is 11.6 Å². The van der Waals surface area contributed by atoms with Gasteiger partial charge in [-0.1, -0.05) is 72.3 Å². The molecule has 3 aromatic rings. The van der Waals surface area contributed by atoms with Crippen molar-refractivity contribution in [1.29, 1.82) is 0 Å². The molecular formula is C32H40ClN3O4S. The molecule has 1 aliphatic heterocycles. The van der Waals surface area contributed by atoms with E-state index >= 15 is 0 Å². The summed E-state index contributed by atoms with van der Waals surface area (Å²) < 4.78 is 27.9. The fourth-order valence-corrected chi connectivity index (χ4v) is 6.96. The van der Waals surface area contributed by atoms with Crippen LogP contribution in [0.5, 0.6) is 0 Å². The highest BCUT2D eigenvalue weighted by molar-refractivity contribution is 7.89. The van der Waals surface area contributed by atoms with E-state index in [4.69, 9.17) is 11.6 Å². The van der Waals surface area contributed by atoms with Crippen molar-refractivity contribution < 1.29 is 18.3 Å². The SMILES string of the molecule is CN(C[C@@H](CCN1CCC(CCN(Cc2ccccc2)C(=O)O)CC1)c1cccc(Cl)c1)S(=O)(=O)c1ccccc1. The summed E-state index contributed by atoms with van der Waals surface area (Å²) >= 11 is 6.31. The molecule has 0 radical (unpaired) electrons. The zero-order valence-corrected chi connectivity index (χ0v) is 25.2. The first kappa shape index (κ1) is 31.0. The third-order valence-corrected chi connectivity index (χ3v) is 10.1. The highest BCUT2D eigenvalue weighted by Gasteiger charge is 2.26. The Morgan fingerprint density at radius 3 is 2.29 bits per heavy atom. The lowest BCUT2D eigenvalue weighted by Gasteiger charge is -2.34. The number of hydrogen-bond donors (Lipinski definition) is 1. The number of halogens is 1. The van der Waals surface area contributed by atoms with Gasteiger partial charge in [-0.05, 0) is 92.5 Å². The second-order valence-electron chi connectivity index (χ2n) is 10.9. The molecule has 1 fully saturated rings. The lowest BCUT2D eigenvalue weighted by molar-refractivity contribution is 0.129. The molecule has 0 spiro atoms. The first-order valence-corrected chi connectivity index (χ1v) is 16.0. The van der Waals surface area contributed by atoms with Gasteiger partial charge in [-0.15, -0.1) is 0 Å². The molecule has 1 amide bonds. The van der Waals surface area contributed by atoms with Crippen molar-refractivity contribution in [3.63, 3.8) is 0 Å². The zero-order chi connectivity index (χ0) is 29.2. The molecule has 0 aliphatic carbocycles. The van der Waals surface area contributed by atoms with E-state index in [0.717, 1.165) is 56.4 Å². The number of sulfonamides is 1. The Labute approximate surface area is 249 Å². The lowest BCUT2D eigenvalue weighted by atomic mass is 9.91. The van der Waals surface area contributed by atoms with E-state index < -0.39 is 16.1 Å². The van der Waals surface area contributed by atoms with Gasteiger partial charge in [-0.25, -0.2) is 17.5 Å². The molecule has 220 valence electrons. The van der Waals surface area contributed by atoms with E-state index in [1.165, 1.54) is 9.21 Å². The van der Waals surface area contributed by atoms with Gasteiger partial charge < -0.3 is 14.9 Å². The first-order valence-electron chi connectivity index (χ1n) is 14.2. The third-order valence-electron chi connectivity index (χ3n) is 8.04. The number of carboxylic acid groups (broad SMARTS) is 1. The minimum atomic E-state index is -3.60. The van der Waals surface area contributed by atoms with E-state index in [-0.39, 0.29) is 5.92 Å². The molecule has 4 rings (SSSR count). The Kier molecular flexibility index (Phi) is 11.2. The minimum Gasteiger partial charge on any atom is -0.465 e. The van der Waals surface area contributed by atoms with Gasteiger partial charge >= 0.3 is 6.09 Å². The van der Waals surface area contributed by atoms with Gasteiger partial charge in [0.05, 0.1) is 4.90 Å². The molecule has 9 heteroatoms. The van der Waals surface area contributed by atoms with E-state index in [0.29, 0.717) is 35.5 Å². The maximum Gasteiger partial charge on any atom is 0.407 e. The standard InChI is InChI=1S/C32H40ClN3O4S/c1-34(41(39,40)31-13-6-3-7-14-31)25-29(28-11-8-12-30(33)23-28)18-21-35-19-15-26(16-20-35)17-22-36(32(37)38)24-27-9-4-2-5-10-27/h2-14,23,26,29H,15-22,24-25H2,1H3,(H,37,38)/t29-/m1/s1. The molecule has 0 unspecified atom stereocenters. The van der Waals surface area contributed by atoms with Gasteiger partial charge in [0, 0.05) is 31.7 Å². The Morgan fingerprint density at radius 1 is 1.00 bits per heavy atom. The number of likely N-dealkylation sites (N-methyl/N-ethyl adjacent to an activating group) is 1. The van der Waals surface area contributed by atoms with Crippen molar-refractivity contribution >= 4 is 27.7 Å². The van der Waals surface area contributed by atoms with Gasteiger partial charge in [-0.2, -0.15) is 0 Å². The highest BCUT2D eigenvalue weighted by Crippen LogP contribution is 2.28. The quantitative estimate of drug-likeness (QED) is 0.246. The van der Waals surface area contributed by atoms with Gasteiger partial charge in [0.15, 0.2) is 0 Å². The molecule has 1 N–H and O–H groups in total. The van der Waals surface area contributed by atoms with Crippen LogP contribution in [-0.2, 0) is 16.6 Å². The summed E-state index contributed by atoms with van der Waals surface area (Å²) in [6.45, 7) is 4.08. The molecule has 0 saturated carbocycles. The number of benzene rings is 3. The number of rotatable bonds is 13. The lowest BCUT2D eigenvalue weighted by Crippen LogP contribution is -2.38. The maximum atomic E-state index is 13.2. The molecular weight excluding hydrogens is 558 g/mol. The zero-order valence-electron chi connectivity index (χ0n) is 23.6. The van der Waals surface area contributed by atoms with Crippen molar-refractivity contribution in [2.45, 2.75) is 43.0 Å². The monoisotopic (exact) mass is 597 g/mol. The molecule has 0 bridgehead atoms. The number of nitrogens with zero attached hydrogens (tertiary/aromatic N) is 3. The summed E-state index contributed by atoms with van der Waals surface area (Å²) in [5, 5.41) is 10.3. The third kappa shape index (κ3) is 9.04. The van der Waals surface area contributed by atoms with Gasteiger partial charge in [0.2, 0.25) is 10.0 Å². The van der Waals surface area contributed by atoms with E-state index in [1.807, 2.05) is 60.7 Å². The summed E-state index contributed by atoms with van der Waals surface area (Å²) in [6, 6.07) is 26.0. The second kappa shape index (κ2) is 14.8. The average molecular weight is 598 g/mol. The fourth-order valence-electron chi connectivity index (χ4n) is 5.53. The summed E-state index contributed by atoms with van der Waals surface area (Å²) in [7, 11) is -1.96. The topological polar surface area (TPSA) is 81.2 Å². The van der Waals surface area contributed by atoms with Crippen LogP contribution in [0.3, 0.4) is 0 Å². The minimum absolute atomic E-state index is 0.00276. The normalized spacial score (nSPS) is 15.6. The van der Waals surface area contributed by atoms with Crippen LogP contribution in [-0.4, -0.2) is 73.5 Å². The van der Waals surface area contributed by atoms with E-state index in [2.05, 4.69) is 4.90 Å². The van der Waals surface area contributed by atoms with Crippen LogP contribution in [0.4, 0.5) is 4.79 Å². The Hall–Kier alpha value is -2.91. The number of amides is 1. The molecule has 1 heterocycles.